The summed E-state index contributed by atoms with van der Waals surface area (Å²) in [5.41, 5.74) is 6.58. The largest absolute Gasteiger partial charge is 0.433 e. The van der Waals surface area contributed by atoms with Crippen LogP contribution in [0.3, 0.4) is 0 Å². The Balaban J connectivity index is 0.000000342. The molecular weight excluding hydrogens is 696 g/mol. The van der Waals surface area contributed by atoms with E-state index < -0.39 is 46.3 Å². The summed E-state index contributed by atoms with van der Waals surface area (Å²) in [5.74, 6) is -0.382. The third-order valence-corrected chi connectivity index (χ3v) is 11.1. The second-order valence-corrected chi connectivity index (χ2v) is 15.0. The molecule has 4 heterocycles. The Kier molecular flexibility index (Phi) is 17.3. The molecule has 1 unspecified atom stereocenters. The van der Waals surface area contributed by atoms with Crippen molar-refractivity contribution < 1.29 is 55.7 Å². The molecule has 0 aromatic carbocycles. The summed E-state index contributed by atoms with van der Waals surface area (Å²) in [5, 5.41) is 0.175. The van der Waals surface area contributed by atoms with Crippen molar-refractivity contribution in [3.8, 4) is 0 Å². The summed E-state index contributed by atoms with van der Waals surface area (Å²) in [7, 11) is -6.26. The molecule has 2 N–H and O–H groups in total. The lowest BCUT2D eigenvalue weighted by Crippen LogP contribution is -2.24. The molecule has 2 aromatic rings. The van der Waals surface area contributed by atoms with Gasteiger partial charge in [0.1, 0.15) is 17.7 Å². The van der Waals surface area contributed by atoms with Gasteiger partial charge in [-0.15, -0.1) is 0 Å². The first-order valence-corrected chi connectivity index (χ1v) is 19.3. The van der Waals surface area contributed by atoms with E-state index in [-0.39, 0.29) is 43.1 Å². The summed E-state index contributed by atoms with van der Waals surface area (Å²) in [6, 6.07) is 0. The number of carbonyl (C=O) groups is 1. The van der Waals surface area contributed by atoms with E-state index in [9.17, 15) is 13.9 Å². The summed E-state index contributed by atoms with van der Waals surface area (Å²) in [4.78, 5) is 23.2. The highest BCUT2D eigenvalue weighted by Crippen LogP contribution is 2.50. The molecule has 0 spiro atoms. The molecule has 2 aliphatic heterocycles. The third kappa shape index (κ3) is 11.9. The molecular formula is C28H50ClN5O12P2. The standard InChI is InChI=1S/C15H23ClN5O5P.C12H23O7P.CH4/c1-4-23-27(22,24-5-2)7-6-10-25-9(3)14(26-10)21-8-18-11-12(16)19-15(17)20-13(11)21;1-5-15-20(14,16-6-2)8-7-11-17-9(3)12(19-11)18-10(4)13;/h8-10,14H,4-7H2,1-3H3,(H2,17,19,20);9,11-12H,5-8H2,1-4H3;1H4/t9-,10+,14+;9-,11+,12?;/m11./s1. The van der Waals surface area contributed by atoms with Crippen LogP contribution in [-0.2, 0) is 55.7 Å². The van der Waals surface area contributed by atoms with Crippen molar-refractivity contribution in [1.29, 1.82) is 0 Å². The van der Waals surface area contributed by atoms with Gasteiger partial charge in [-0.05, 0) is 41.5 Å². The molecule has 6 atom stereocenters. The number of nitrogen functional groups attached to an aromatic ring is 1. The smallest absolute Gasteiger partial charge is 0.330 e. The zero-order chi connectivity index (χ0) is 34.8. The maximum absolute atomic E-state index is 12.6. The predicted molar refractivity (Wildman–Crippen MR) is 178 cm³/mol. The van der Waals surface area contributed by atoms with Gasteiger partial charge in [-0.3, -0.25) is 18.5 Å². The quantitative estimate of drug-likeness (QED) is 0.121. The van der Waals surface area contributed by atoms with Crippen molar-refractivity contribution in [3.63, 3.8) is 0 Å². The lowest BCUT2D eigenvalue weighted by atomic mass is 10.3. The van der Waals surface area contributed by atoms with E-state index in [0.29, 0.717) is 50.4 Å². The second-order valence-electron chi connectivity index (χ2n) is 10.3. The summed E-state index contributed by atoms with van der Waals surface area (Å²) < 4.78 is 75.3. The molecule has 2 saturated heterocycles. The zero-order valence-corrected chi connectivity index (χ0v) is 30.3. The number of hydrogen-bond acceptors (Lipinski definition) is 16. The van der Waals surface area contributed by atoms with E-state index >= 15 is 0 Å². The number of anilines is 1. The number of fused-ring (bicyclic) bond motifs is 1. The number of rotatable bonds is 16. The third-order valence-electron chi connectivity index (χ3n) is 6.63. The molecule has 276 valence electrons. The van der Waals surface area contributed by atoms with Gasteiger partial charge in [0.25, 0.3) is 0 Å². The number of carbonyl (C=O) groups excluding carboxylic acids is 1. The van der Waals surface area contributed by atoms with Crippen LogP contribution < -0.4 is 5.73 Å². The molecule has 0 saturated carbocycles. The van der Waals surface area contributed by atoms with Gasteiger partial charge in [0.15, 0.2) is 29.6 Å². The first kappa shape index (κ1) is 42.4. The van der Waals surface area contributed by atoms with Crippen molar-refractivity contribution in [3.05, 3.63) is 11.5 Å². The summed E-state index contributed by atoms with van der Waals surface area (Å²) >= 11 is 6.07. The van der Waals surface area contributed by atoms with E-state index in [1.807, 2.05) is 6.92 Å². The maximum Gasteiger partial charge on any atom is 0.330 e. The highest BCUT2D eigenvalue weighted by molar-refractivity contribution is 7.54. The molecule has 20 heteroatoms. The number of nitrogens with zero attached hydrogens (tertiary/aromatic N) is 4. The van der Waals surface area contributed by atoms with E-state index in [2.05, 4.69) is 15.0 Å². The predicted octanol–water partition coefficient (Wildman–Crippen LogP) is 5.91. The Bertz CT molecular complexity index is 1380. The Labute approximate surface area is 286 Å². The van der Waals surface area contributed by atoms with Crippen LogP contribution in [0, 0.1) is 0 Å². The van der Waals surface area contributed by atoms with Gasteiger partial charge in [-0.2, -0.15) is 9.97 Å². The Morgan fingerprint density at radius 3 is 1.88 bits per heavy atom. The minimum absolute atomic E-state index is 0. The lowest BCUT2D eigenvalue weighted by molar-refractivity contribution is -0.175. The number of halogens is 1. The Morgan fingerprint density at radius 2 is 1.38 bits per heavy atom. The van der Waals surface area contributed by atoms with Crippen molar-refractivity contribution in [2.45, 2.75) is 106 Å². The zero-order valence-electron chi connectivity index (χ0n) is 27.7. The van der Waals surface area contributed by atoms with Crippen LogP contribution in [0.25, 0.3) is 11.2 Å². The molecule has 4 rings (SSSR count). The fourth-order valence-electron chi connectivity index (χ4n) is 4.78. The second kappa shape index (κ2) is 19.6. The van der Waals surface area contributed by atoms with E-state index in [0.717, 1.165) is 0 Å². The number of hydrogen-bond donors (Lipinski definition) is 1. The average Bonchev–Trinajstić information content (AvgIpc) is 3.68. The molecule has 0 radical (unpaired) electrons. The normalized spacial score (nSPS) is 24.2. The van der Waals surface area contributed by atoms with Crippen LogP contribution in [0.4, 0.5) is 5.95 Å². The van der Waals surface area contributed by atoms with Crippen LogP contribution in [0.1, 0.15) is 75.0 Å². The Morgan fingerprint density at radius 1 is 0.875 bits per heavy atom. The maximum atomic E-state index is 12.6. The van der Waals surface area contributed by atoms with Crippen LogP contribution in [0.5, 0.6) is 0 Å². The molecule has 0 bridgehead atoms. The number of ether oxygens (including phenoxy) is 5. The Hall–Kier alpha value is -1.75. The van der Waals surface area contributed by atoms with Gasteiger partial charge in [0.05, 0.1) is 45.1 Å². The first-order chi connectivity index (χ1) is 22.3. The SMILES string of the molecule is C.CCOP(=O)(CC[C@@H]1OC(OC(C)=O)[C@@H](C)O1)OCC.CCOP(=O)(CC[C@H]1O[C@H](C)[C@@H](n2cnc3c(Cl)nc(N)nc32)O1)OCC. The summed E-state index contributed by atoms with van der Waals surface area (Å²) in [6.45, 7) is 13.2. The highest BCUT2D eigenvalue weighted by Gasteiger charge is 2.38. The van der Waals surface area contributed by atoms with Crippen molar-refractivity contribution in [2.24, 2.45) is 0 Å². The highest BCUT2D eigenvalue weighted by atomic mass is 35.5. The molecule has 17 nitrogen and oxygen atoms in total. The molecule has 2 aromatic heterocycles. The summed E-state index contributed by atoms with van der Waals surface area (Å²) in [6.07, 6.45) is -0.341. The fraction of sp³-hybridized carbons (Fsp3) is 0.786. The van der Waals surface area contributed by atoms with Crippen LogP contribution in [0.15, 0.2) is 6.33 Å². The minimum atomic E-state index is -3.16. The molecule has 0 amide bonds. The van der Waals surface area contributed by atoms with Gasteiger partial charge in [-0.1, -0.05) is 19.0 Å². The molecule has 2 fully saturated rings. The number of esters is 1. The van der Waals surface area contributed by atoms with E-state index in [4.69, 9.17) is 59.1 Å². The fourth-order valence-corrected chi connectivity index (χ4v) is 8.30. The molecule has 0 aliphatic carbocycles. The monoisotopic (exact) mass is 745 g/mol. The lowest BCUT2D eigenvalue weighted by Gasteiger charge is -2.18. The van der Waals surface area contributed by atoms with Crippen LogP contribution in [-0.4, -0.2) is 95.3 Å². The van der Waals surface area contributed by atoms with Gasteiger partial charge < -0.3 is 47.5 Å². The van der Waals surface area contributed by atoms with Crippen molar-refractivity contribution in [2.75, 3.05) is 44.5 Å². The van der Waals surface area contributed by atoms with E-state index in [1.165, 1.54) is 6.92 Å². The van der Waals surface area contributed by atoms with Crippen LogP contribution >= 0.6 is 26.8 Å². The molecule has 48 heavy (non-hydrogen) atoms. The first-order valence-electron chi connectivity index (χ1n) is 15.5. The average molecular weight is 746 g/mol. The topological polar surface area (TPSA) is 204 Å². The number of aromatic nitrogens is 4. The van der Waals surface area contributed by atoms with Crippen molar-refractivity contribution >= 4 is 49.9 Å². The van der Waals surface area contributed by atoms with Gasteiger partial charge >= 0.3 is 21.2 Å². The van der Waals surface area contributed by atoms with Gasteiger partial charge in [-0.25, -0.2) is 4.98 Å². The number of imidazole rings is 1. The van der Waals surface area contributed by atoms with Crippen LogP contribution in [0.2, 0.25) is 5.15 Å². The van der Waals surface area contributed by atoms with Crippen molar-refractivity contribution in [1.82, 2.24) is 19.5 Å². The van der Waals surface area contributed by atoms with E-state index in [1.54, 1.807) is 45.5 Å². The minimum Gasteiger partial charge on any atom is -0.433 e. The van der Waals surface area contributed by atoms with Gasteiger partial charge in [0, 0.05) is 19.8 Å². The molecule has 2 aliphatic rings. The van der Waals surface area contributed by atoms with Gasteiger partial charge in [0.2, 0.25) is 12.2 Å². The number of nitrogens with two attached hydrogens (primary N) is 1.